The molecule has 0 N–H and O–H groups in total. The van der Waals surface area contributed by atoms with Gasteiger partial charge in [0, 0.05) is 14.2 Å². The van der Waals surface area contributed by atoms with Crippen molar-refractivity contribution in [2.75, 3.05) is 27.4 Å². The van der Waals surface area contributed by atoms with Gasteiger partial charge in [0.1, 0.15) is 0 Å². The normalized spacial score (nSPS) is 10.4. The third-order valence-electron chi connectivity index (χ3n) is 2.11. The lowest BCUT2D eigenvalue weighted by molar-refractivity contribution is 0.201. The smallest absolute Gasteiger partial charge is 0.0502 e. The van der Waals surface area contributed by atoms with Crippen LogP contribution in [0.15, 0.2) is 18.2 Å². The highest BCUT2D eigenvalue weighted by atomic mass is 16.5. The van der Waals surface area contributed by atoms with Crippen molar-refractivity contribution in [2.45, 2.75) is 12.8 Å². The van der Waals surface area contributed by atoms with E-state index in [0.29, 0.717) is 0 Å². The quantitative estimate of drug-likeness (QED) is 0.686. The summed E-state index contributed by atoms with van der Waals surface area (Å²) in [7, 11) is 3.43. The summed E-state index contributed by atoms with van der Waals surface area (Å²) in [5.41, 5.74) is 2.47. The van der Waals surface area contributed by atoms with Crippen molar-refractivity contribution in [1.82, 2.24) is 0 Å². The van der Waals surface area contributed by atoms with Gasteiger partial charge in [0.2, 0.25) is 0 Å². The van der Waals surface area contributed by atoms with Gasteiger partial charge in [-0.3, -0.25) is 0 Å². The molecule has 0 aliphatic heterocycles. The highest BCUT2D eigenvalue weighted by Crippen LogP contribution is 2.05. The van der Waals surface area contributed by atoms with Crippen LogP contribution in [0.25, 0.3) is 0 Å². The van der Waals surface area contributed by atoms with Crippen LogP contribution in [0.4, 0.5) is 0 Å². The lowest BCUT2D eigenvalue weighted by Crippen LogP contribution is -1.97. The van der Waals surface area contributed by atoms with Gasteiger partial charge in [-0.05, 0) is 30.0 Å². The molecule has 77 valence electrons. The second kappa shape index (κ2) is 6.57. The average molecular weight is 193 g/mol. The SMILES string of the molecule is COCCc1[c]cc(CCOC)cc1. The maximum atomic E-state index is 5.01. The zero-order valence-electron chi connectivity index (χ0n) is 8.88. The first-order valence-corrected chi connectivity index (χ1v) is 4.84. The Bertz CT molecular complexity index is 214. The van der Waals surface area contributed by atoms with Gasteiger partial charge in [-0.25, -0.2) is 0 Å². The number of hydrogen-bond acceptors (Lipinski definition) is 2. The Balaban J connectivity index is 2.42. The Morgan fingerprint density at radius 3 is 2.36 bits per heavy atom. The standard InChI is InChI=1S/C12H17O2/c1-13-9-7-11-3-5-12(6-4-11)8-10-14-2/h3-5H,7-10H2,1-2H3. The summed E-state index contributed by atoms with van der Waals surface area (Å²) in [6.45, 7) is 1.53. The van der Waals surface area contributed by atoms with Crippen LogP contribution in [0.1, 0.15) is 11.1 Å². The zero-order chi connectivity index (χ0) is 10.2. The number of methoxy groups -OCH3 is 2. The van der Waals surface area contributed by atoms with Crippen LogP contribution >= 0.6 is 0 Å². The first kappa shape index (κ1) is 11.2. The number of benzene rings is 1. The number of ether oxygens (including phenoxy) is 2. The fraction of sp³-hybridized carbons (Fsp3) is 0.500. The third kappa shape index (κ3) is 3.90. The number of hydrogen-bond donors (Lipinski definition) is 0. The summed E-state index contributed by atoms with van der Waals surface area (Å²) in [6.07, 6.45) is 1.89. The lowest BCUT2D eigenvalue weighted by Gasteiger charge is -2.02. The van der Waals surface area contributed by atoms with Crippen LogP contribution in [0.5, 0.6) is 0 Å². The Morgan fingerprint density at radius 1 is 1.07 bits per heavy atom. The van der Waals surface area contributed by atoms with Crippen molar-refractivity contribution in [3.63, 3.8) is 0 Å². The van der Waals surface area contributed by atoms with Crippen LogP contribution in [0.3, 0.4) is 0 Å². The molecule has 2 heteroatoms. The Labute approximate surface area is 85.8 Å². The summed E-state index contributed by atoms with van der Waals surface area (Å²) in [4.78, 5) is 0. The first-order valence-electron chi connectivity index (χ1n) is 4.84. The van der Waals surface area contributed by atoms with Crippen LogP contribution in [0.2, 0.25) is 0 Å². The minimum absolute atomic E-state index is 0.758. The van der Waals surface area contributed by atoms with Crippen molar-refractivity contribution < 1.29 is 9.47 Å². The average Bonchev–Trinajstić information content (AvgIpc) is 2.25. The fourth-order valence-electron chi connectivity index (χ4n) is 1.23. The van der Waals surface area contributed by atoms with Gasteiger partial charge in [-0.1, -0.05) is 18.2 Å². The highest BCUT2D eigenvalue weighted by Gasteiger charge is 1.95. The van der Waals surface area contributed by atoms with Gasteiger partial charge in [0.15, 0.2) is 0 Å². The summed E-state index contributed by atoms with van der Waals surface area (Å²) >= 11 is 0. The second-order valence-corrected chi connectivity index (χ2v) is 3.21. The highest BCUT2D eigenvalue weighted by molar-refractivity contribution is 5.21. The molecule has 1 radical (unpaired) electrons. The molecule has 0 aromatic heterocycles. The molecule has 0 bridgehead atoms. The van der Waals surface area contributed by atoms with Gasteiger partial charge < -0.3 is 9.47 Å². The summed E-state index contributed by atoms with van der Waals surface area (Å²) in [5, 5.41) is 0. The molecule has 0 atom stereocenters. The molecule has 0 saturated carbocycles. The van der Waals surface area contributed by atoms with Crippen LogP contribution in [-0.2, 0) is 22.3 Å². The largest absolute Gasteiger partial charge is 0.384 e. The third-order valence-corrected chi connectivity index (χ3v) is 2.11. The van der Waals surface area contributed by atoms with Crippen molar-refractivity contribution in [3.8, 4) is 0 Å². The molecule has 0 aliphatic carbocycles. The van der Waals surface area contributed by atoms with Crippen molar-refractivity contribution in [2.24, 2.45) is 0 Å². The van der Waals surface area contributed by atoms with Gasteiger partial charge in [-0.2, -0.15) is 0 Å². The van der Waals surface area contributed by atoms with E-state index in [9.17, 15) is 0 Å². The molecule has 0 aliphatic rings. The second-order valence-electron chi connectivity index (χ2n) is 3.21. The monoisotopic (exact) mass is 193 g/mol. The van der Waals surface area contributed by atoms with E-state index in [0.717, 1.165) is 26.1 Å². The molecule has 0 fully saturated rings. The van der Waals surface area contributed by atoms with Gasteiger partial charge in [-0.15, -0.1) is 0 Å². The molecule has 0 saturated heterocycles. The van der Waals surface area contributed by atoms with Crippen LogP contribution in [-0.4, -0.2) is 27.4 Å². The Hall–Kier alpha value is -0.860. The molecule has 1 aromatic rings. The molecule has 14 heavy (non-hydrogen) atoms. The minimum Gasteiger partial charge on any atom is -0.384 e. The molecule has 0 heterocycles. The molecule has 0 spiro atoms. The summed E-state index contributed by atoms with van der Waals surface area (Å²) < 4.78 is 10.0. The topological polar surface area (TPSA) is 18.5 Å². The van der Waals surface area contributed by atoms with Crippen molar-refractivity contribution >= 4 is 0 Å². The van der Waals surface area contributed by atoms with E-state index in [2.05, 4.69) is 18.2 Å². The van der Waals surface area contributed by atoms with E-state index < -0.39 is 0 Å². The van der Waals surface area contributed by atoms with Gasteiger partial charge >= 0.3 is 0 Å². The fourth-order valence-corrected chi connectivity index (χ4v) is 1.23. The minimum atomic E-state index is 0.758. The predicted octanol–water partition coefficient (Wildman–Crippen LogP) is 1.86. The van der Waals surface area contributed by atoms with E-state index in [1.807, 2.05) is 6.07 Å². The maximum absolute atomic E-state index is 5.01. The lowest BCUT2D eigenvalue weighted by atomic mass is 10.1. The Kier molecular flexibility index (Phi) is 5.27. The van der Waals surface area contributed by atoms with E-state index in [4.69, 9.17) is 9.47 Å². The van der Waals surface area contributed by atoms with E-state index in [-0.39, 0.29) is 0 Å². The van der Waals surface area contributed by atoms with Crippen molar-refractivity contribution in [1.29, 1.82) is 0 Å². The van der Waals surface area contributed by atoms with Crippen LogP contribution in [0, 0.1) is 6.07 Å². The van der Waals surface area contributed by atoms with E-state index in [1.165, 1.54) is 11.1 Å². The summed E-state index contributed by atoms with van der Waals surface area (Å²) in [6, 6.07) is 9.50. The molecule has 0 unspecified atom stereocenters. The molecule has 2 nitrogen and oxygen atoms in total. The van der Waals surface area contributed by atoms with Gasteiger partial charge in [0.05, 0.1) is 13.2 Å². The first-order chi connectivity index (χ1) is 6.86. The zero-order valence-corrected chi connectivity index (χ0v) is 8.88. The van der Waals surface area contributed by atoms with Crippen molar-refractivity contribution in [3.05, 3.63) is 35.4 Å². The van der Waals surface area contributed by atoms with Crippen LogP contribution < -0.4 is 0 Å². The molecular formula is C12H17O2. The maximum Gasteiger partial charge on any atom is 0.0502 e. The van der Waals surface area contributed by atoms with E-state index in [1.54, 1.807) is 14.2 Å². The Morgan fingerprint density at radius 2 is 1.79 bits per heavy atom. The summed E-state index contributed by atoms with van der Waals surface area (Å²) in [5.74, 6) is 0. The predicted molar refractivity (Wildman–Crippen MR) is 56.4 cm³/mol. The molecular weight excluding hydrogens is 176 g/mol. The van der Waals surface area contributed by atoms with E-state index >= 15 is 0 Å². The molecule has 1 rings (SSSR count). The molecule has 1 aromatic carbocycles. The molecule has 0 amide bonds. The van der Waals surface area contributed by atoms with Gasteiger partial charge in [0.25, 0.3) is 0 Å². The number of rotatable bonds is 6.